The molecule has 0 radical (unpaired) electrons. The molecule has 0 aromatic carbocycles. The smallest absolute Gasteiger partial charge is 0.141 e. The molecule has 1 saturated heterocycles. The summed E-state index contributed by atoms with van der Waals surface area (Å²) >= 11 is 0. The van der Waals surface area contributed by atoms with Crippen LogP contribution in [-0.2, 0) is 17.8 Å². The summed E-state index contributed by atoms with van der Waals surface area (Å²) in [6.45, 7) is 6.27. The summed E-state index contributed by atoms with van der Waals surface area (Å²) < 4.78 is 7.28. The number of ether oxygens (including phenoxy) is 1. The molecule has 0 bridgehead atoms. The van der Waals surface area contributed by atoms with Crippen molar-refractivity contribution in [1.29, 1.82) is 0 Å². The quantitative estimate of drug-likeness (QED) is 0.720. The monoisotopic (exact) mass is 225 g/mol. The van der Waals surface area contributed by atoms with E-state index in [1.807, 2.05) is 11.7 Å². The van der Waals surface area contributed by atoms with E-state index in [-0.39, 0.29) is 0 Å². The molecule has 2 heterocycles. The number of nitrogens with one attached hydrogen (secondary N) is 1. The van der Waals surface area contributed by atoms with Crippen LogP contribution in [0.3, 0.4) is 0 Å². The molecule has 0 saturated carbocycles. The molecule has 0 aliphatic carbocycles. The topological polar surface area (TPSA) is 55.2 Å². The highest BCUT2D eigenvalue weighted by atomic mass is 16.5. The SMILES string of the molecule is CNCCn1ncnc1CN1CCOCC1. The molecular formula is C10H19N5O. The van der Waals surface area contributed by atoms with Crippen molar-refractivity contribution in [3.05, 3.63) is 12.2 Å². The van der Waals surface area contributed by atoms with Crippen LogP contribution in [0.1, 0.15) is 5.82 Å². The molecule has 0 unspecified atom stereocenters. The highest BCUT2D eigenvalue weighted by Crippen LogP contribution is 2.03. The van der Waals surface area contributed by atoms with Crippen molar-refractivity contribution in [2.45, 2.75) is 13.1 Å². The molecule has 1 aromatic rings. The predicted octanol–water partition coefficient (Wildman–Crippen LogP) is -0.670. The van der Waals surface area contributed by atoms with Gasteiger partial charge in [-0.3, -0.25) is 4.90 Å². The first-order valence-electron chi connectivity index (χ1n) is 5.71. The normalized spacial score (nSPS) is 17.8. The molecule has 0 atom stereocenters. The molecule has 6 nitrogen and oxygen atoms in total. The average Bonchev–Trinajstić information content (AvgIpc) is 2.75. The summed E-state index contributed by atoms with van der Waals surface area (Å²) in [5, 5.41) is 7.34. The van der Waals surface area contributed by atoms with Gasteiger partial charge in [-0.15, -0.1) is 0 Å². The molecule has 0 amide bonds. The first-order chi connectivity index (χ1) is 7.90. The van der Waals surface area contributed by atoms with E-state index >= 15 is 0 Å². The van der Waals surface area contributed by atoms with Crippen LogP contribution in [0.4, 0.5) is 0 Å². The Hall–Kier alpha value is -0.980. The Labute approximate surface area is 95.6 Å². The van der Waals surface area contributed by atoms with Gasteiger partial charge in [0, 0.05) is 19.6 Å². The van der Waals surface area contributed by atoms with Crippen LogP contribution >= 0.6 is 0 Å². The third-order valence-corrected chi connectivity index (χ3v) is 2.74. The maximum atomic E-state index is 5.32. The lowest BCUT2D eigenvalue weighted by Gasteiger charge is -2.26. The van der Waals surface area contributed by atoms with Crippen molar-refractivity contribution in [1.82, 2.24) is 25.0 Å². The Morgan fingerprint density at radius 1 is 1.44 bits per heavy atom. The second-order valence-electron chi connectivity index (χ2n) is 3.89. The Morgan fingerprint density at radius 3 is 3.00 bits per heavy atom. The Morgan fingerprint density at radius 2 is 2.25 bits per heavy atom. The lowest BCUT2D eigenvalue weighted by Crippen LogP contribution is -2.36. The molecule has 1 aromatic heterocycles. The van der Waals surface area contributed by atoms with Crippen LogP contribution in [0, 0.1) is 0 Å². The van der Waals surface area contributed by atoms with E-state index in [1.54, 1.807) is 6.33 Å². The molecule has 6 heteroatoms. The van der Waals surface area contributed by atoms with E-state index in [4.69, 9.17) is 4.74 Å². The summed E-state index contributed by atoms with van der Waals surface area (Å²) in [5.74, 6) is 1.04. The van der Waals surface area contributed by atoms with Gasteiger partial charge in [-0.25, -0.2) is 9.67 Å². The van der Waals surface area contributed by atoms with Gasteiger partial charge in [-0.2, -0.15) is 5.10 Å². The Balaban J connectivity index is 1.89. The third kappa shape index (κ3) is 3.01. The minimum atomic E-state index is 0.824. The second-order valence-corrected chi connectivity index (χ2v) is 3.89. The Kier molecular flexibility index (Phi) is 4.26. The van der Waals surface area contributed by atoms with Gasteiger partial charge in [-0.05, 0) is 7.05 Å². The van der Waals surface area contributed by atoms with E-state index in [0.29, 0.717) is 0 Å². The number of aromatic nitrogens is 3. The number of hydrogen-bond acceptors (Lipinski definition) is 5. The second kappa shape index (κ2) is 5.93. The van der Waals surface area contributed by atoms with Crippen LogP contribution in [-0.4, -0.2) is 59.6 Å². The van der Waals surface area contributed by atoms with Gasteiger partial charge in [0.1, 0.15) is 12.2 Å². The molecule has 2 rings (SSSR count). The van der Waals surface area contributed by atoms with E-state index in [2.05, 4.69) is 20.3 Å². The first-order valence-corrected chi connectivity index (χ1v) is 5.71. The molecular weight excluding hydrogens is 206 g/mol. The van der Waals surface area contributed by atoms with E-state index < -0.39 is 0 Å². The summed E-state index contributed by atoms with van der Waals surface area (Å²) in [6.07, 6.45) is 1.63. The van der Waals surface area contributed by atoms with Crippen molar-refractivity contribution in [2.24, 2.45) is 0 Å². The number of nitrogens with zero attached hydrogens (tertiary/aromatic N) is 4. The van der Waals surface area contributed by atoms with Crippen molar-refractivity contribution < 1.29 is 4.74 Å². The highest BCUT2D eigenvalue weighted by Gasteiger charge is 2.13. The van der Waals surface area contributed by atoms with Crippen LogP contribution in [0.25, 0.3) is 0 Å². The average molecular weight is 225 g/mol. The van der Waals surface area contributed by atoms with Crippen molar-refractivity contribution in [3.63, 3.8) is 0 Å². The molecule has 1 fully saturated rings. The van der Waals surface area contributed by atoms with Gasteiger partial charge in [0.05, 0.1) is 26.3 Å². The van der Waals surface area contributed by atoms with E-state index in [0.717, 1.165) is 51.8 Å². The molecule has 0 spiro atoms. The predicted molar refractivity (Wildman–Crippen MR) is 60.0 cm³/mol. The van der Waals surface area contributed by atoms with Crippen molar-refractivity contribution in [2.75, 3.05) is 39.9 Å². The fraction of sp³-hybridized carbons (Fsp3) is 0.800. The van der Waals surface area contributed by atoms with Crippen LogP contribution < -0.4 is 5.32 Å². The zero-order chi connectivity index (χ0) is 11.2. The number of hydrogen-bond donors (Lipinski definition) is 1. The summed E-state index contributed by atoms with van der Waals surface area (Å²) in [4.78, 5) is 6.66. The lowest BCUT2D eigenvalue weighted by molar-refractivity contribution is 0.0324. The van der Waals surface area contributed by atoms with Crippen LogP contribution in [0.5, 0.6) is 0 Å². The highest BCUT2D eigenvalue weighted by molar-refractivity contribution is 4.85. The number of morpholine rings is 1. The third-order valence-electron chi connectivity index (χ3n) is 2.74. The fourth-order valence-electron chi connectivity index (χ4n) is 1.77. The zero-order valence-corrected chi connectivity index (χ0v) is 9.72. The van der Waals surface area contributed by atoms with Gasteiger partial charge >= 0.3 is 0 Å². The number of likely N-dealkylation sites (N-methyl/N-ethyl adjacent to an activating group) is 1. The van der Waals surface area contributed by atoms with E-state index in [1.165, 1.54) is 0 Å². The molecule has 1 N–H and O–H groups in total. The molecule has 1 aliphatic rings. The van der Waals surface area contributed by atoms with Crippen LogP contribution in [0.15, 0.2) is 6.33 Å². The summed E-state index contributed by atoms with van der Waals surface area (Å²) in [7, 11) is 1.94. The van der Waals surface area contributed by atoms with Gasteiger partial charge in [0.15, 0.2) is 0 Å². The van der Waals surface area contributed by atoms with Crippen molar-refractivity contribution in [3.8, 4) is 0 Å². The van der Waals surface area contributed by atoms with Crippen molar-refractivity contribution >= 4 is 0 Å². The van der Waals surface area contributed by atoms with Gasteiger partial charge in [-0.1, -0.05) is 0 Å². The summed E-state index contributed by atoms with van der Waals surface area (Å²) in [5.41, 5.74) is 0. The lowest BCUT2D eigenvalue weighted by atomic mass is 10.4. The van der Waals surface area contributed by atoms with Crippen LogP contribution in [0.2, 0.25) is 0 Å². The maximum absolute atomic E-state index is 5.32. The fourth-order valence-corrected chi connectivity index (χ4v) is 1.77. The largest absolute Gasteiger partial charge is 0.379 e. The van der Waals surface area contributed by atoms with E-state index in [9.17, 15) is 0 Å². The first kappa shape index (κ1) is 11.5. The Bertz CT molecular complexity index is 308. The maximum Gasteiger partial charge on any atom is 0.141 e. The standard InChI is InChI=1S/C10H19N5O/c1-11-2-3-15-10(12-9-13-15)8-14-4-6-16-7-5-14/h9,11H,2-8H2,1H3. The minimum Gasteiger partial charge on any atom is -0.379 e. The molecule has 16 heavy (non-hydrogen) atoms. The van der Waals surface area contributed by atoms with Gasteiger partial charge in [0.2, 0.25) is 0 Å². The van der Waals surface area contributed by atoms with Gasteiger partial charge in [0.25, 0.3) is 0 Å². The molecule has 90 valence electrons. The summed E-state index contributed by atoms with van der Waals surface area (Å²) in [6, 6.07) is 0. The zero-order valence-electron chi connectivity index (χ0n) is 9.72. The van der Waals surface area contributed by atoms with Gasteiger partial charge < -0.3 is 10.1 Å². The minimum absolute atomic E-state index is 0.824. The molecule has 1 aliphatic heterocycles. The number of rotatable bonds is 5.